The molecule has 0 saturated carbocycles. The molecule has 0 saturated heterocycles. The van der Waals surface area contributed by atoms with Crippen molar-refractivity contribution in [3.63, 3.8) is 0 Å². The average molecular weight is 301 g/mol. The van der Waals surface area contributed by atoms with Crippen LogP contribution in [0.15, 0.2) is 36.4 Å². The minimum Gasteiger partial charge on any atom is -0.207 e. The van der Waals surface area contributed by atoms with Crippen molar-refractivity contribution in [3.8, 4) is 0 Å². The molecule has 100 valence electrons. The predicted molar refractivity (Wildman–Crippen MR) is 74.8 cm³/mol. The van der Waals surface area contributed by atoms with E-state index in [2.05, 4.69) is 0 Å². The fraction of sp³-hybridized carbons (Fsp3) is 0.200. The summed E-state index contributed by atoms with van der Waals surface area (Å²) >= 11 is 12.2. The smallest absolute Gasteiger partial charge is 0.129 e. The second-order valence-corrected chi connectivity index (χ2v) is 5.34. The van der Waals surface area contributed by atoms with Crippen molar-refractivity contribution >= 4 is 23.2 Å². The maximum atomic E-state index is 13.6. The standard InChI is InChI=1S/C15H12Cl2F2/c1-9-5-6-10(16)7-11(9)13(17)8-12-14(18)3-2-4-15(12)19/h2-7,13H,8H2,1H3. The summed E-state index contributed by atoms with van der Waals surface area (Å²) in [4.78, 5) is 0. The van der Waals surface area contributed by atoms with Gasteiger partial charge in [-0.05, 0) is 48.7 Å². The highest BCUT2D eigenvalue weighted by Crippen LogP contribution is 2.31. The molecule has 0 bridgehead atoms. The third-order valence-electron chi connectivity index (χ3n) is 3.02. The number of hydrogen-bond acceptors (Lipinski definition) is 0. The van der Waals surface area contributed by atoms with Crippen LogP contribution in [0.25, 0.3) is 0 Å². The first kappa shape index (κ1) is 14.3. The summed E-state index contributed by atoms with van der Waals surface area (Å²) in [6, 6.07) is 9.12. The van der Waals surface area contributed by atoms with Gasteiger partial charge in [0.05, 0.1) is 5.38 Å². The van der Waals surface area contributed by atoms with Gasteiger partial charge < -0.3 is 0 Å². The molecule has 0 N–H and O–H groups in total. The van der Waals surface area contributed by atoms with Crippen LogP contribution < -0.4 is 0 Å². The Labute approximate surface area is 121 Å². The lowest BCUT2D eigenvalue weighted by molar-refractivity contribution is 0.553. The van der Waals surface area contributed by atoms with Crippen LogP contribution in [0, 0.1) is 18.6 Å². The lowest BCUT2D eigenvalue weighted by atomic mass is 9.99. The quantitative estimate of drug-likeness (QED) is 0.661. The fourth-order valence-corrected chi connectivity index (χ4v) is 2.54. The lowest BCUT2D eigenvalue weighted by Crippen LogP contribution is -2.03. The summed E-state index contributed by atoms with van der Waals surface area (Å²) in [7, 11) is 0. The van der Waals surface area contributed by atoms with Gasteiger partial charge in [0.25, 0.3) is 0 Å². The van der Waals surface area contributed by atoms with E-state index in [-0.39, 0.29) is 12.0 Å². The van der Waals surface area contributed by atoms with Crippen LogP contribution in [0.2, 0.25) is 5.02 Å². The molecule has 0 fully saturated rings. The van der Waals surface area contributed by atoms with Gasteiger partial charge in [-0.1, -0.05) is 23.7 Å². The summed E-state index contributed by atoms with van der Waals surface area (Å²) in [5.74, 6) is -1.16. The normalized spacial score (nSPS) is 12.5. The molecule has 2 rings (SSSR count). The Bertz CT molecular complexity index is 576. The molecule has 2 aromatic carbocycles. The molecule has 1 unspecified atom stereocenters. The number of hydrogen-bond donors (Lipinski definition) is 0. The predicted octanol–water partition coefficient (Wildman–Crippen LogP) is 5.45. The number of rotatable bonds is 3. The van der Waals surface area contributed by atoms with Gasteiger partial charge in [0.1, 0.15) is 11.6 Å². The van der Waals surface area contributed by atoms with Crippen LogP contribution in [0.1, 0.15) is 22.1 Å². The summed E-state index contributed by atoms with van der Waals surface area (Å²) in [5, 5.41) is 0.0327. The number of alkyl halides is 1. The highest BCUT2D eigenvalue weighted by Gasteiger charge is 2.17. The van der Waals surface area contributed by atoms with Crippen LogP contribution in [-0.2, 0) is 6.42 Å². The Hall–Kier alpha value is -1.12. The Morgan fingerprint density at radius 1 is 1.11 bits per heavy atom. The van der Waals surface area contributed by atoms with Crippen molar-refractivity contribution in [3.05, 3.63) is 69.7 Å². The van der Waals surface area contributed by atoms with Crippen LogP contribution in [-0.4, -0.2) is 0 Å². The zero-order chi connectivity index (χ0) is 14.0. The summed E-state index contributed by atoms with van der Waals surface area (Å²) in [5.41, 5.74) is 1.74. The molecular weight excluding hydrogens is 289 g/mol. The van der Waals surface area contributed by atoms with Gasteiger partial charge in [-0.2, -0.15) is 0 Å². The first-order chi connectivity index (χ1) is 8.99. The average Bonchev–Trinajstić information content (AvgIpc) is 2.37. The summed E-state index contributed by atoms with van der Waals surface area (Å²) < 4.78 is 27.2. The van der Waals surface area contributed by atoms with E-state index < -0.39 is 17.0 Å². The van der Waals surface area contributed by atoms with E-state index in [1.165, 1.54) is 18.2 Å². The van der Waals surface area contributed by atoms with E-state index in [1.807, 2.05) is 13.0 Å². The van der Waals surface area contributed by atoms with Gasteiger partial charge in [-0.3, -0.25) is 0 Å². The molecule has 0 aromatic heterocycles. The van der Waals surface area contributed by atoms with E-state index in [4.69, 9.17) is 23.2 Å². The topological polar surface area (TPSA) is 0 Å². The van der Waals surface area contributed by atoms with Crippen molar-refractivity contribution in [2.75, 3.05) is 0 Å². The molecule has 0 heterocycles. The van der Waals surface area contributed by atoms with Gasteiger partial charge in [0.15, 0.2) is 0 Å². The van der Waals surface area contributed by atoms with Crippen LogP contribution in [0.5, 0.6) is 0 Å². The molecule has 0 aliphatic carbocycles. The molecule has 0 amide bonds. The zero-order valence-electron chi connectivity index (χ0n) is 10.3. The largest absolute Gasteiger partial charge is 0.207 e. The number of aryl methyl sites for hydroxylation is 1. The Kier molecular flexibility index (Phi) is 4.43. The molecule has 0 aliphatic heterocycles. The fourth-order valence-electron chi connectivity index (χ4n) is 1.97. The van der Waals surface area contributed by atoms with Crippen LogP contribution in [0.3, 0.4) is 0 Å². The molecule has 2 aromatic rings. The highest BCUT2D eigenvalue weighted by molar-refractivity contribution is 6.30. The SMILES string of the molecule is Cc1ccc(Cl)cc1C(Cl)Cc1c(F)cccc1F. The van der Waals surface area contributed by atoms with Crippen molar-refractivity contribution in [2.45, 2.75) is 18.7 Å². The van der Waals surface area contributed by atoms with Crippen LogP contribution >= 0.6 is 23.2 Å². The lowest BCUT2D eigenvalue weighted by Gasteiger charge is -2.14. The summed E-state index contributed by atoms with van der Waals surface area (Å²) in [6.07, 6.45) is 0.0846. The van der Waals surface area contributed by atoms with Gasteiger partial charge in [-0.25, -0.2) is 8.78 Å². The van der Waals surface area contributed by atoms with E-state index in [1.54, 1.807) is 12.1 Å². The first-order valence-electron chi connectivity index (χ1n) is 5.82. The summed E-state index contributed by atoms with van der Waals surface area (Å²) in [6.45, 7) is 1.89. The third-order valence-corrected chi connectivity index (χ3v) is 3.65. The van der Waals surface area contributed by atoms with E-state index in [0.29, 0.717) is 5.02 Å². The molecule has 19 heavy (non-hydrogen) atoms. The highest BCUT2D eigenvalue weighted by atomic mass is 35.5. The van der Waals surface area contributed by atoms with Gasteiger partial charge in [-0.15, -0.1) is 11.6 Å². The molecular formula is C15H12Cl2F2. The second-order valence-electron chi connectivity index (χ2n) is 4.37. The third kappa shape index (κ3) is 3.26. The molecule has 0 aliphatic rings. The van der Waals surface area contributed by atoms with Crippen molar-refractivity contribution in [1.82, 2.24) is 0 Å². The first-order valence-corrected chi connectivity index (χ1v) is 6.63. The van der Waals surface area contributed by atoms with E-state index in [9.17, 15) is 8.78 Å². The monoisotopic (exact) mass is 300 g/mol. The van der Waals surface area contributed by atoms with Gasteiger partial charge in [0, 0.05) is 10.6 Å². The minimum atomic E-state index is -0.578. The van der Waals surface area contributed by atoms with E-state index in [0.717, 1.165) is 11.1 Å². The van der Waals surface area contributed by atoms with Crippen molar-refractivity contribution < 1.29 is 8.78 Å². The second kappa shape index (κ2) is 5.89. The van der Waals surface area contributed by atoms with E-state index >= 15 is 0 Å². The van der Waals surface area contributed by atoms with Gasteiger partial charge in [0.2, 0.25) is 0 Å². The maximum Gasteiger partial charge on any atom is 0.129 e. The number of benzene rings is 2. The molecule has 4 heteroatoms. The van der Waals surface area contributed by atoms with Crippen molar-refractivity contribution in [1.29, 1.82) is 0 Å². The van der Waals surface area contributed by atoms with Crippen molar-refractivity contribution in [2.24, 2.45) is 0 Å². The Morgan fingerprint density at radius 2 is 1.74 bits per heavy atom. The zero-order valence-corrected chi connectivity index (χ0v) is 11.8. The Balaban J connectivity index is 2.31. The molecule has 0 radical (unpaired) electrons. The minimum absolute atomic E-state index is 0.00174. The number of halogens is 4. The molecule has 0 nitrogen and oxygen atoms in total. The maximum absolute atomic E-state index is 13.6. The Morgan fingerprint density at radius 3 is 2.37 bits per heavy atom. The molecule has 0 spiro atoms. The van der Waals surface area contributed by atoms with Gasteiger partial charge >= 0.3 is 0 Å². The molecule has 1 atom stereocenters. The van der Waals surface area contributed by atoms with Crippen LogP contribution in [0.4, 0.5) is 8.78 Å².